The van der Waals surface area contributed by atoms with Gasteiger partial charge in [-0.05, 0) is 28.6 Å². The minimum atomic E-state index is -0.624. The van der Waals surface area contributed by atoms with E-state index in [9.17, 15) is 9.90 Å². The number of aliphatic hydroxyl groups is 1. The predicted molar refractivity (Wildman–Crippen MR) is 93.1 cm³/mol. The summed E-state index contributed by atoms with van der Waals surface area (Å²) < 4.78 is 4.96. The van der Waals surface area contributed by atoms with Gasteiger partial charge in [-0.2, -0.15) is 0 Å². The lowest BCUT2D eigenvalue weighted by atomic mass is 10.00. The van der Waals surface area contributed by atoms with Crippen LogP contribution in [0.15, 0.2) is 35.7 Å². The van der Waals surface area contributed by atoms with Crippen molar-refractivity contribution in [1.82, 2.24) is 4.90 Å². The highest BCUT2D eigenvalue weighted by molar-refractivity contribution is 7.10. The van der Waals surface area contributed by atoms with E-state index in [-0.39, 0.29) is 18.4 Å². The van der Waals surface area contributed by atoms with Crippen LogP contribution in [0.2, 0.25) is 5.02 Å². The van der Waals surface area contributed by atoms with Crippen molar-refractivity contribution in [2.45, 2.75) is 18.7 Å². The van der Waals surface area contributed by atoms with Crippen LogP contribution in [0.3, 0.4) is 0 Å². The van der Waals surface area contributed by atoms with E-state index in [0.29, 0.717) is 23.7 Å². The van der Waals surface area contributed by atoms with E-state index in [1.807, 2.05) is 34.5 Å². The molecule has 1 unspecified atom stereocenters. The van der Waals surface area contributed by atoms with Gasteiger partial charge >= 0.3 is 5.97 Å². The van der Waals surface area contributed by atoms with Gasteiger partial charge in [0.15, 0.2) is 0 Å². The second-order valence-electron chi connectivity index (χ2n) is 5.20. The van der Waals surface area contributed by atoms with Crippen molar-refractivity contribution in [2.24, 2.45) is 0 Å². The molecular formula is C16H17Cl2NO3S. The summed E-state index contributed by atoms with van der Waals surface area (Å²) >= 11 is 7.80. The lowest BCUT2D eigenvalue weighted by Crippen LogP contribution is -2.40. The molecule has 0 fully saturated rings. The number of esters is 1. The maximum atomic E-state index is 12.3. The molecule has 2 atom stereocenters. The predicted octanol–water partition coefficient (Wildman–Crippen LogP) is 3.59. The van der Waals surface area contributed by atoms with Crippen molar-refractivity contribution >= 4 is 41.3 Å². The fourth-order valence-corrected chi connectivity index (χ4v) is 3.97. The first-order valence-electron chi connectivity index (χ1n) is 6.92. The molecule has 4 nitrogen and oxygen atoms in total. The van der Waals surface area contributed by atoms with E-state index in [0.717, 1.165) is 10.4 Å². The largest absolute Gasteiger partial charge is 0.468 e. The summed E-state index contributed by atoms with van der Waals surface area (Å²) in [6, 6.07) is 8.59. The van der Waals surface area contributed by atoms with E-state index in [1.54, 1.807) is 17.4 Å². The molecule has 1 aliphatic heterocycles. The standard InChI is InChI=1S/C16H16ClNO3S.ClH/c1-21-16(20)14(11-4-2-3-5-12(11)17)18-8-10-6-7-22-15(10)13(19)9-18;/h2-7,13-14,19H,8-9H2,1H3;1H/t13?,14-;/m0./s1. The summed E-state index contributed by atoms with van der Waals surface area (Å²) in [5.41, 5.74) is 1.74. The van der Waals surface area contributed by atoms with Crippen molar-refractivity contribution in [3.05, 3.63) is 56.7 Å². The van der Waals surface area contributed by atoms with Gasteiger partial charge in [-0.1, -0.05) is 29.8 Å². The maximum absolute atomic E-state index is 12.3. The molecule has 0 radical (unpaired) electrons. The Morgan fingerprint density at radius 1 is 1.43 bits per heavy atom. The molecule has 124 valence electrons. The Bertz CT molecular complexity index is 691. The SMILES string of the molecule is COC(=O)[C@H](c1ccccc1Cl)N1Cc2ccsc2C(O)C1.Cl. The van der Waals surface area contributed by atoms with E-state index in [4.69, 9.17) is 16.3 Å². The van der Waals surface area contributed by atoms with E-state index >= 15 is 0 Å². The molecule has 23 heavy (non-hydrogen) atoms. The number of rotatable bonds is 3. The average molecular weight is 374 g/mol. The third-order valence-corrected chi connectivity index (χ3v) is 5.26. The van der Waals surface area contributed by atoms with Crippen LogP contribution in [-0.4, -0.2) is 29.6 Å². The van der Waals surface area contributed by atoms with Gasteiger partial charge in [0.25, 0.3) is 0 Å². The fourth-order valence-electron chi connectivity index (χ4n) is 2.84. The summed E-state index contributed by atoms with van der Waals surface area (Å²) in [6.45, 7) is 0.958. The number of hydrogen-bond acceptors (Lipinski definition) is 5. The fraction of sp³-hybridized carbons (Fsp3) is 0.312. The van der Waals surface area contributed by atoms with Gasteiger partial charge in [0.05, 0.1) is 7.11 Å². The maximum Gasteiger partial charge on any atom is 0.327 e. The molecule has 0 aliphatic carbocycles. The molecule has 7 heteroatoms. The van der Waals surface area contributed by atoms with Crippen molar-refractivity contribution in [3.8, 4) is 0 Å². The molecule has 0 spiro atoms. The number of hydrogen-bond donors (Lipinski definition) is 1. The topological polar surface area (TPSA) is 49.8 Å². The van der Waals surface area contributed by atoms with Crippen LogP contribution in [0.4, 0.5) is 0 Å². The number of ether oxygens (including phenoxy) is 1. The zero-order chi connectivity index (χ0) is 15.7. The number of aliphatic hydroxyl groups excluding tert-OH is 1. The second-order valence-corrected chi connectivity index (χ2v) is 6.56. The van der Waals surface area contributed by atoms with Crippen molar-refractivity contribution < 1.29 is 14.6 Å². The monoisotopic (exact) mass is 373 g/mol. The molecule has 0 saturated carbocycles. The molecule has 0 saturated heterocycles. The lowest BCUT2D eigenvalue weighted by Gasteiger charge is -2.35. The van der Waals surface area contributed by atoms with Crippen molar-refractivity contribution in [2.75, 3.05) is 13.7 Å². The van der Waals surface area contributed by atoms with Crippen LogP contribution in [0.5, 0.6) is 0 Å². The first-order chi connectivity index (χ1) is 10.6. The molecule has 0 bridgehead atoms. The normalized spacial score (nSPS) is 18.7. The first-order valence-corrected chi connectivity index (χ1v) is 8.18. The number of carbonyl (C=O) groups excluding carboxylic acids is 1. The molecule has 1 aromatic heterocycles. The van der Waals surface area contributed by atoms with E-state index in [2.05, 4.69) is 0 Å². The van der Waals surface area contributed by atoms with Crippen molar-refractivity contribution in [1.29, 1.82) is 0 Å². The Labute approximate surface area is 150 Å². The highest BCUT2D eigenvalue weighted by Crippen LogP contribution is 2.37. The third-order valence-electron chi connectivity index (χ3n) is 3.85. The van der Waals surface area contributed by atoms with Crippen LogP contribution in [-0.2, 0) is 16.1 Å². The molecule has 3 rings (SSSR count). The minimum Gasteiger partial charge on any atom is -0.468 e. The van der Waals surface area contributed by atoms with Gasteiger partial charge in [-0.3, -0.25) is 4.90 Å². The average Bonchev–Trinajstić information content (AvgIpc) is 2.98. The number of carbonyl (C=O) groups is 1. The number of thiophene rings is 1. The number of benzene rings is 1. The lowest BCUT2D eigenvalue weighted by molar-refractivity contribution is -0.148. The summed E-state index contributed by atoms with van der Waals surface area (Å²) in [4.78, 5) is 15.2. The highest BCUT2D eigenvalue weighted by atomic mass is 35.5. The number of methoxy groups -OCH3 is 1. The zero-order valence-corrected chi connectivity index (χ0v) is 14.8. The number of fused-ring (bicyclic) bond motifs is 1. The third kappa shape index (κ3) is 3.54. The zero-order valence-electron chi connectivity index (χ0n) is 12.4. The smallest absolute Gasteiger partial charge is 0.327 e. The molecule has 2 heterocycles. The summed E-state index contributed by atoms with van der Waals surface area (Å²) in [7, 11) is 1.36. The van der Waals surface area contributed by atoms with Gasteiger partial charge in [-0.25, -0.2) is 4.79 Å². The van der Waals surface area contributed by atoms with Crippen LogP contribution >= 0.6 is 35.3 Å². The summed E-state index contributed by atoms with van der Waals surface area (Å²) in [6.07, 6.45) is -0.599. The van der Waals surface area contributed by atoms with Gasteiger partial charge in [-0.15, -0.1) is 23.7 Å². The summed E-state index contributed by atoms with van der Waals surface area (Å²) in [5.74, 6) is -0.376. The van der Waals surface area contributed by atoms with Gasteiger partial charge < -0.3 is 9.84 Å². The van der Waals surface area contributed by atoms with Crippen LogP contribution in [0.25, 0.3) is 0 Å². The molecule has 1 N–H and O–H groups in total. The van der Waals surface area contributed by atoms with Gasteiger partial charge in [0.1, 0.15) is 12.1 Å². The Morgan fingerprint density at radius 3 is 2.87 bits per heavy atom. The first kappa shape index (κ1) is 18.2. The number of β-amino-alcohol motifs (C(OH)–C–C–N with tert-alkyl or cyclic N) is 1. The Kier molecular flexibility index (Phi) is 6.06. The minimum absolute atomic E-state index is 0. The molecule has 1 aliphatic rings. The molecular weight excluding hydrogens is 357 g/mol. The van der Waals surface area contributed by atoms with E-state index in [1.165, 1.54) is 7.11 Å². The van der Waals surface area contributed by atoms with Crippen LogP contribution in [0, 0.1) is 0 Å². The van der Waals surface area contributed by atoms with Crippen molar-refractivity contribution in [3.63, 3.8) is 0 Å². The number of nitrogens with zero attached hydrogens (tertiary/aromatic N) is 1. The molecule has 1 aromatic carbocycles. The molecule has 2 aromatic rings. The Balaban J connectivity index is 0.00000192. The molecule has 0 amide bonds. The number of halogens is 2. The summed E-state index contributed by atoms with van der Waals surface area (Å²) in [5, 5.41) is 12.8. The van der Waals surface area contributed by atoms with Crippen LogP contribution < -0.4 is 0 Å². The van der Waals surface area contributed by atoms with E-state index < -0.39 is 12.1 Å². The van der Waals surface area contributed by atoms with Crippen LogP contribution in [0.1, 0.15) is 28.1 Å². The second kappa shape index (κ2) is 7.64. The highest BCUT2D eigenvalue weighted by Gasteiger charge is 2.35. The Hall–Kier alpha value is -1.11. The Morgan fingerprint density at radius 2 is 2.17 bits per heavy atom. The van der Waals surface area contributed by atoms with Gasteiger partial charge in [0.2, 0.25) is 0 Å². The van der Waals surface area contributed by atoms with Gasteiger partial charge in [0, 0.05) is 23.0 Å². The quantitative estimate of drug-likeness (QED) is 0.835.